The third-order valence-electron chi connectivity index (χ3n) is 5.08. The smallest absolute Gasteiger partial charge is 0.254 e. The van der Waals surface area contributed by atoms with Gasteiger partial charge in [0.15, 0.2) is 0 Å². The lowest BCUT2D eigenvalue weighted by Gasteiger charge is -2.35. The van der Waals surface area contributed by atoms with Gasteiger partial charge in [0.25, 0.3) is 5.91 Å². The molecular weight excluding hydrogens is 402 g/mol. The maximum absolute atomic E-state index is 13.4. The fraction of sp³-hybridized carbons (Fsp3) is 0.227. The van der Waals surface area contributed by atoms with E-state index < -0.39 is 23.5 Å². The molecule has 1 unspecified atom stereocenters. The summed E-state index contributed by atoms with van der Waals surface area (Å²) in [6, 6.07) is 12.2. The molecule has 4 rings (SSSR count). The van der Waals surface area contributed by atoms with Crippen molar-refractivity contribution in [2.24, 2.45) is 0 Å². The van der Waals surface area contributed by atoms with Gasteiger partial charge in [-0.15, -0.1) is 0 Å². The van der Waals surface area contributed by atoms with Gasteiger partial charge in [-0.1, -0.05) is 6.07 Å². The number of hydrogen-bond acceptors (Lipinski definition) is 6. The van der Waals surface area contributed by atoms with Crippen molar-refractivity contribution in [2.45, 2.75) is 5.92 Å². The predicted octanol–water partition coefficient (Wildman–Crippen LogP) is 2.77. The zero-order chi connectivity index (χ0) is 21.8. The van der Waals surface area contributed by atoms with Crippen molar-refractivity contribution in [2.75, 3.05) is 31.1 Å². The van der Waals surface area contributed by atoms with Gasteiger partial charge in [-0.3, -0.25) is 9.78 Å². The van der Waals surface area contributed by atoms with E-state index in [0.29, 0.717) is 43.4 Å². The van der Waals surface area contributed by atoms with E-state index in [0.717, 1.165) is 18.2 Å². The number of carbonyl (C=O) groups excluding carboxylic acids is 1. The van der Waals surface area contributed by atoms with Crippen molar-refractivity contribution in [3.8, 4) is 6.07 Å². The Labute approximate surface area is 177 Å². The molecule has 156 valence electrons. The Morgan fingerprint density at radius 2 is 1.71 bits per heavy atom. The Kier molecular flexibility index (Phi) is 5.80. The normalized spacial score (nSPS) is 14.7. The second-order valence-electron chi connectivity index (χ2n) is 7.06. The van der Waals surface area contributed by atoms with Gasteiger partial charge in [0, 0.05) is 50.1 Å². The van der Waals surface area contributed by atoms with Gasteiger partial charge in [0.05, 0.1) is 17.5 Å². The van der Waals surface area contributed by atoms with Crippen LogP contribution in [0.15, 0.2) is 55.0 Å². The van der Waals surface area contributed by atoms with Crippen LogP contribution in [-0.4, -0.2) is 51.9 Å². The zero-order valence-electron chi connectivity index (χ0n) is 16.4. The van der Waals surface area contributed by atoms with E-state index in [2.05, 4.69) is 21.0 Å². The van der Waals surface area contributed by atoms with Crippen LogP contribution in [-0.2, 0) is 0 Å². The van der Waals surface area contributed by atoms with Crippen LogP contribution in [0.3, 0.4) is 0 Å². The monoisotopic (exact) mass is 420 g/mol. The van der Waals surface area contributed by atoms with Crippen LogP contribution in [0.5, 0.6) is 0 Å². The summed E-state index contributed by atoms with van der Waals surface area (Å²) < 4.78 is 26.9. The summed E-state index contributed by atoms with van der Waals surface area (Å²) in [4.78, 5) is 28.9. The molecule has 7 nitrogen and oxygen atoms in total. The van der Waals surface area contributed by atoms with E-state index in [1.807, 2.05) is 11.0 Å². The maximum atomic E-state index is 13.4. The van der Waals surface area contributed by atoms with Crippen molar-refractivity contribution in [3.05, 3.63) is 83.6 Å². The topological polar surface area (TPSA) is 86.0 Å². The van der Waals surface area contributed by atoms with Gasteiger partial charge in [0.1, 0.15) is 29.7 Å². The van der Waals surface area contributed by atoms with Gasteiger partial charge in [-0.05, 0) is 24.3 Å². The molecule has 0 aliphatic carbocycles. The Balaban J connectivity index is 1.46. The van der Waals surface area contributed by atoms with E-state index in [1.54, 1.807) is 29.3 Å². The van der Waals surface area contributed by atoms with Crippen LogP contribution in [0.1, 0.15) is 27.7 Å². The van der Waals surface area contributed by atoms with Crippen LogP contribution < -0.4 is 4.90 Å². The fourth-order valence-corrected chi connectivity index (χ4v) is 3.52. The van der Waals surface area contributed by atoms with Crippen molar-refractivity contribution >= 4 is 11.7 Å². The number of piperazine rings is 1. The first-order chi connectivity index (χ1) is 15.0. The summed E-state index contributed by atoms with van der Waals surface area (Å²) in [6.45, 7) is 1.72. The number of halogens is 2. The number of carbonyl (C=O) groups is 1. The number of hydrogen-bond donors (Lipinski definition) is 0. The molecular formula is C22H18F2N6O. The van der Waals surface area contributed by atoms with Crippen LogP contribution >= 0.6 is 0 Å². The number of aromatic nitrogens is 3. The molecule has 1 atom stereocenters. The number of benzene rings is 1. The quantitative estimate of drug-likeness (QED) is 0.645. The van der Waals surface area contributed by atoms with E-state index >= 15 is 0 Å². The molecule has 0 spiro atoms. The van der Waals surface area contributed by atoms with E-state index in [1.165, 1.54) is 6.33 Å². The van der Waals surface area contributed by atoms with E-state index in [9.17, 15) is 18.8 Å². The molecule has 31 heavy (non-hydrogen) atoms. The third kappa shape index (κ3) is 4.48. The van der Waals surface area contributed by atoms with Gasteiger partial charge >= 0.3 is 0 Å². The molecule has 3 heterocycles. The molecule has 3 aromatic rings. The maximum Gasteiger partial charge on any atom is 0.254 e. The summed E-state index contributed by atoms with van der Waals surface area (Å²) in [5.41, 5.74) is 1.13. The molecule has 1 fully saturated rings. The standard InChI is InChI=1S/C22H18F2N6O/c23-16-9-15(10-17(24)11-16)22(31)30-7-5-29(6-8-30)21-12-20(27-14-28-21)18(13-25)19-3-1-2-4-26-19/h1-4,9-12,14,18H,5-8H2. The van der Waals surface area contributed by atoms with Gasteiger partial charge in [-0.2, -0.15) is 5.26 Å². The van der Waals surface area contributed by atoms with Gasteiger partial charge in [0.2, 0.25) is 0 Å². The third-order valence-corrected chi connectivity index (χ3v) is 5.08. The Morgan fingerprint density at radius 3 is 2.35 bits per heavy atom. The molecule has 1 saturated heterocycles. The van der Waals surface area contributed by atoms with Crippen molar-refractivity contribution in [1.29, 1.82) is 5.26 Å². The van der Waals surface area contributed by atoms with Gasteiger partial charge < -0.3 is 9.80 Å². The van der Waals surface area contributed by atoms with E-state index in [-0.39, 0.29) is 5.56 Å². The Hall–Kier alpha value is -3.93. The highest BCUT2D eigenvalue weighted by molar-refractivity contribution is 5.94. The lowest BCUT2D eigenvalue weighted by Crippen LogP contribution is -2.49. The Bertz CT molecular complexity index is 1110. The first kappa shape index (κ1) is 20.3. The molecule has 0 radical (unpaired) electrons. The highest BCUT2D eigenvalue weighted by Gasteiger charge is 2.25. The van der Waals surface area contributed by atoms with Crippen molar-refractivity contribution in [3.63, 3.8) is 0 Å². The minimum atomic E-state index is -0.782. The second-order valence-corrected chi connectivity index (χ2v) is 7.06. The largest absolute Gasteiger partial charge is 0.353 e. The summed E-state index contributed by atoms with van der Waals surface area (Å²) in [5, 5.41) is 9.62. The molecule has 2 aromatic heterocycles. The summed E-state index contributed by atoms with van der Waals surface area (Å²) in [7, 11) is 0. The fourth-order valence-electron chi connectivity index (χ4n) is 3.52. The average Bonchev–Trinajstić information content (AvgIpc) is 2.79. The second kappa shape index (κ2) is 8.83. The first-order valence-corrected chi connectivity index (χ1v) is 9.68. The molecule has 9 heteroatoms. The summed E-state index contributed by atoms with van der Waals surface area (Å²) in [5.74, 6) is -1.95. The number of nitriles is 1. The highest BCUT2D eigenvalue weighted by atomic mass is 19.1. The SMILES string of the molecule is N#CC(c1ccccn1)c1cc(N2CCN(C(=O)c3cc(F)cc(F)c3)CC2)ncn1. The number of rotatable bonds is 4. The number of pyridine rings is 1. The minimum Gasteiger partial charge on any atom is -0.353 e. The van der Waals surface area contributed by atoms with Crippen molar-refractivity contribution in [1.82, 2.24) is 19.9 Å². The lowest BCUT2D eigenvalue weighted by atomic mass is 10.0. The predicted molar refractivity (Wildman–Crippen MR) is 108 cm³/mol. The van der Waals surface area contributed by atoms with Crippen LogP contribution in [0.4, 0.5) is 14.6 Å². The van der Waals surface area contributed by atoms with Crippen molar-refractivity contribution < 1.29 is 13.6 Å². The van der Waals surface area contributed by atoms with Crippen LogP contribution in [0, 0.1) is 23.0 Å². The Morgan fingerprint density at radius 1 is 0.968 bits per heavy atom. The molecule has 1 aliphatic rings. The lowest BCUT2D eigenvalue weighted by molar-refractivity contribution is 0.0745. The molecule has 0 N–H and O–H groups in total. The van der Waals surface area contributed by atoms with E-state index in [4.69, 9.17) is 0 Å². The number of nitrogens with zero attached hydrogens (tertiary/aromatic N) is 6. The van der Waals surface area contributed by atoms with Crippen LogP contribution in [0.25, 0.3) is 0 Å². The number of amides is 1. The molecule has 1 amide bonds. The highest BCUT2D eigenvalue weighted by Crippen LogP contribution is 2.24. The first-order valence-electron chi connectivity index (χ1n) is 9.68. The zero-order valence-corrected chi connectivity index (χ0v) is 16.4. The average molecular weight is 420 g/mol. The molecule has 0 saturated carbocycles. The van der Waals surface area contributed by atoms with Gasteiger partial charge in [-0.25, -0.2) is 18.7 Å². The summed E-state index contributed by atoms with van der Waals surface area (Å²) >= 11 is 0. The molecule has 1 aliphatic heterocycles. The molecule has 0 bridgehead atoms. The minimum absolute atomic E-state index is 0.0116. The summed E-state index contributed by atoms with van der Waals surface area (Å²) in [6.07, 6.45) is 3.04. The number of anilines is 1. The molecule has 1 aromatic carbocycles. The van der Waals surface area contributed by atoms with Crippen LogP contribution in [0.2, 0.25) is 0 Å².